The predicted molar refractivity (Wildman–Crippen MR) is 87.3 cm³/mol. The summed E-state index contributed by atoms with van der Waals surface area (Å²) in [6, 6.07) is 6.74. The fourth-order valence-corrected chi connectivity index (χ4v) is 2.97. The molecule has 120 valence electrons. The maximum absolute atomic E-state index is 12.0. The first-order valence-electron chi connectivity index (χ1n) is 7.64. The van der Waals surface area contributed by atoms with Gasteiger partial charge >= 0.3 is 0 Å². The highest BCUT2D eigenvalue weighted by molar-refractivity contribution is 7.86. The second-order valence-corrected chi connectivity index (χ2v) is 7.05. The van der Waals surface area contributed by atoms with Crippen LogP contribution in [0.1, 0.15) is 45.4 Å². The van der Waals surface area contributed by atoms with E-state index in [4.69, 9.17) is 4.18 Å². The molecule has 1 rings (SSSR count). The van der Waals surface area contributed by atoms with E-state index < -0.39 is 10.1 Å². The van der Waals surface area contributed by atoms with E-state index in [0.717, 1.165) is 24.9 Å². The van der Waals surface area contributed by atoms with E-state index >= 15 is 0 Å². The molecule has 0 unspecified atom stereocenters. The Morgan fingerprint density at radius 1 is 0.952 bits per heavy atom. The van der Waals surface area contributed by atoms with Crippen molar-refractivity contribution in [2.45, 2.75) is 50.3 Å². The lowest BCUT2D eigenvalue weighted by molar-refractivity contribution is 0.306. The van der Waals surface area contributed by atoms with Crippen molar-refractivity contribution in [1.82, 2.24) is 0 Å². The van der Waals surface area contributed by atoms with Gasteiger partial charge in [0.05, 0.1) is 11.5 Å². The minimum absolute atomic E-state index is 0.221. The van der Waals surface area contributed by atoms with Crippen LogP contribution in [0.4, 0.5) is 5.69 Å². The lowest BCUT2D eigenvalue weighted by Gasteiger charge is -2.12. The first-order chi connectivity index (χ1) is 9.97. The number of hydrogen-bond acceptors (Lipinski definition) is 4. The summed E-state index contributed by atoms with van der Waals surface area (Å²) < 4.78 is 29.1. The zero-order valence-electron chi connectivity index (χ0n) is 13.3. The van der Waals surface area contributed by atoms with Gasteiger partial charge in [0.1, 0.15) is 0 Å². The molecule has 0 atom stereocenters. The van der Waals surface area contributed by atoms with E-state index in [-0.39, 0.29) is 11.5 Å². The average Bonchev–Trinajstić information content (AvgIpc) is 2.46. The molecular formula is C16H27NO3S. The van der Waals surface area contributed by atoms with Crippen molar-refractivity contribution >= 4 is 15.8 Å². The summed E-state index contributed by atoms with van der Waals surface area (Å²) in [6.45, 7) is 2.45. The Hall–Kier alpha value is -1.07. The largest absolute Gasteiger partial charge is 0.378 e. The van der Waals surface area contributed by atoms with Gasteiger partial charge in [-0.25, -0.2) is 0 Å². The molecule has 0 saturated heterocycles. The van der Waals surface area contributed by atoms with Gasteiger partial charge < -0.3 is 4.90 Å². The molecule has 1 aromatic carbocycles. The van der Waals surface area contributed by atoms with Crippen LogP contribution in [0.3, 0.4) is 0 Å². The van der Waals surface area contributed by atoms with Crippen molar-refractivity contribution in [3.63, 3.8) is 0 Å². The van der Waals surface area contributed by atoms with E-state index in [1.807, 2.05) is 19.0 Å². The third-order valence-corrected chi connectivity index (χ3v) is 4.70. The minimum atomic E-state index is -3.62. The van der Waals surface area contributed by atoms with Gasteiger partial charge in [0.15, 0.2) is 0 Å². The fourth-order valence-electron chi connectivity index (χ4n) is 2.03. The molecule has 1 aromatic rings. The van der Waals surface area contributed by atoms with Crippen LogP contribution < -0.4 is 4.90 Å². The van der Waals surface area contributed by atoms with E-state index in [9.17, 15) is 8.42 Å². The summed E-state index contributed by atoms with van der Waals surface area (Å²) in [5, 5.41) is 0. The molecule has 0 heterocycles. The van der Waals surface area contributed by atoms with Crippen LogP contribution in [0, 0.1) is 0 Å². The maximum atomic E-state index is 12.0. The van der Waals surface area contributed by atoms with Gasteiger partial charge in [0, 0.05) is 19.8 Å². The summed E-state index contributed by atoms with van der Waals surface area (Å²) in [5.74, 6) is 0. The van der Waals surface area contributed by atoms with Crippen LogP contribution in [0.25, 0.3) is 0 Å². The van der Waals surface area contributed by atoms with Gasteiger partial charge in [-0.3, -0.25) is 4.18 Å². The topological polar surface area (TPSA) is 46.6 Å². The van der Waals surface area contributed by atoms with Gasteiger partial charge in [-0.05, 0) is 30.7 Å². The Morgan fingerprint density at radius 3 is 2.10 bits per heavy atom. The fraction of sp³-hybridized carbons (Fsp3) is 0.625. The van der Waals surface area contributed by atoms with E-state index in [1.54, 1.807) is 24.3 Å². The zero-order valence-corrected chi connectivity index (χ0v) is 14.2. The highest BCUT2D eigenvalue weighted by Gasteiger charge is 2.14. The minimum Gasteiger partial charge on any atom is -0.378 e. The highest BCUT2D eigenvalue weighted by Crippen LogP contribution is 2.18. The monoisotopic (exact) mass is 313 g/mol. The van der Waals surface area contributed by atoms with Gasteiger partial charge in [0.2, 0.25) is 0 Å². The van der Waals surface area contributed by atoms with Crippen molar-refractivity contribution in [1.29, 1.82) is 0 Å². The van der Waals surface area contributed by atoms with Crippen molar-refractivity contribution in [2.75, 3.05) is 25.6 Å². The zero-order chi connectivity index (χ0) is 15.7. The first-order valence-corrected chi connectivity index (χ1v) is 9.05. The Labute approximate surface area is 129 Å². The van der Waals surface area contributed by atoms with Crippen LogP contribution in [-0.4, -0.2) is 29.1 Å². The second kappa shape index (κ2) is 9.05. The lowest BCUT2D eigenvalue weighted by Crippen LogP contribution is -2.10. The number of unbranched alkanes of at least 4 members (excludes halogenated alkanes) is 5. The summed E-state index contributed by atoms with van der Waals surface area (Å²) in [4.78, 5) is 2.15. The normalized spacial score (nSPS) is 11.6. The summed E-state index contributed by atoms with van der Waals surface area (Å²) >= 11 is 0. The molecule has 0 aliphatic carbocycles. The van der Waals surface area contributed by atoms with E-state index in [1.165, 1.54) is 19.3 Å². The molecule has 5 heteroatoms. The third-order valence-electron chi connectivity index (χ3n) is 3.38. The molecule has 0 radical (unpaired) electrons. The summed E-state index contributed by atoms with van der Waals surface area (Å²) in [7, 11) is 0.212. The molecular weight excluding hydrogens is 286 g/mol. The molecule has 21 heavy (non-hydrogen) atoms. The van der Waals surface area contributed by atoms with Crippen molar-refractivity contribution in [3.05, 3.63) is 24.3 Å². The highest BCUT2D eigenvalue weighted by atomic mass is 32.2. The van der Waals surface area contributed by atoms with E-state index in [0.29, 0.717) is 0 Å². The summed E-state index contributed by atoms with van der Waals surface area (Å²) in [5.41, 5.74) is 0.963. The molecule has 0 saturated carbocycles. The van der Waals surface area contributed by atoms with Crippen LogP contribution in [0.2, 0.25) is 0 Å². The second-order valence-electron chi connectivity index (χ2n) is 5.43. The quantitative estimate of drug-likeness (QED) is 0.486. The third kappa shape index (κ3) is 6.48. The number of benzene rings is 1. The van der Waals surface area contributed by atoms with Crippen molar-refractivity contribution < 1.29 is 12.6 Å². The molecule has 0 amide bonds. The van der Waals surface area contributed by atoms with Crippen LogP contribution in [0.5, 0.6) is 0 Å². The number of nitrogens with zero attached hydrogens (tertiary/aromatic N) is 1. The molecule has 0 spiro atoms. The van der Waals surface area contributed by atoms with E-state index in [2.05, 4.69) is 6.92 Å². The standard InChI is InChI=1S/C16H27NO3S/c1-4-5-6-7-8-9-14-20-21(18,19)16-12-10-15(11-13-16)17(2)3/h10-13H,4-9,14H2,1-3H3. The molecule has 0 aromatic heterocycles. The SMILES string of the molecule is CCCCCCCCOS(=O)(=O)c1ccc(N(C)C)cc1. The Balaban J connectivity index is 2.39. The van der Waals surface area contributed by atoms with Gasteiger partial charge in [-0.15, -0.1) is 0 Å². The van der Waals surface area contributed by atoms with Crippen molar-refractivity contribution in [3.8, 4) is 0 Å². The van der Waals surface area contributed by atoms with Gasteiger partial charge in [0.25, 0.3) is 10.1 Å². The van der Waals surface area contributed by atoms with Crippen LogP contribution in [0.15, 0.2) is 29.2 Å². The number of hydrogen-bond donors (Lipinski definition) is 0. The Morgan fingerprint density at radius 2 is 1.52 bits per heavy atom. The van der Waals surface area contributed by atoms with Crippen LogP contribution in [-0.2, 0) is 14.3 Å². The average molecular weight is 313 g/mol. The van der Waals surface area contributed by atoms with Gasteiger partial charge in [-0.1, -0.05) is 39.0 Å². The molecule has 4 nitrogen and oxygen atoms in total. The molecule has 0 N–H and O–H groups in total. The number of rotatable bonds is 10. The van der Waals surface area contributed by atoms with Crippen molar-refractivity contribution in [2.24, 2.45) is 0 Å². The van der Waals surface area contributed by atoms with Gasteiger partial charge in [-0.2, -0.15) is 8.42 Å². The molecule has 0 fully saturated rings. The number of anilines is 1. The molecule has 0 aliphatic rings. The smallest absolute Gasteiger partial charge is 0.296 e. The van der Waals surface area contributed by atoms with Crippen LogP contribution >= 0.6 is 0 Å². The lowest BCUT2D eigenvalue weighted by atomic mass is 10.1. The molecule has 0 aliphatic heterocycles. The molecule has 0 bridgehead atoms. The Bertz CT molecular complexity index is 495. The maximum Gasteiger partial charge on any atom is 0.296 e. The first kappa shape index (κ1) is 18.0. The summed E-state index contributed by atoms with van der Waals surface area (Å²) in [6.07, 6.45) is 6.64. The Kier molecular flexibility index (Phi) is 7.75. The predicted octanol–water partition coefficient (Wildman–Crippen LogP) is 3.82.